The van der Waals surface area contributed by atoms with Crippen LogP contribution in [0.4, 0.5) is 0 Å². The molecule has 0 amide bonds. The molecule has 0 radical (unpaired) electrons. The third-order valence-corrected chi connectivity index (χ3v) is 4.13. The average Bonchev–Trinajstić information content (AvgIpc) is 2.63. The van der Waals surface area contributed by atoms with E-state index in [1.807, 2.05) is 36.4 Å². The van der Waals surface area contributed by atoms with Crippen molar-refractivity contribution in [3.63, 3.8) is 0 Å². The summed E-state index contributed by atoms with van der Waals surface area (Å²) in [6.45, 7) is 4.18. The van der Waals surface area contributed by atoms with Crippen molar-refractivity contribution in [2.75, 3.05) is 0 Å². The van der Waals surface area contributed by atoms with E-state index in [1.165, 1.54) is 4.68 Å². The maximum Gasteiger partial charge on any atom is 0.360 e. The zero-order valence-electron chi connectivity index (χ0n) is 14.4. The summed E-state index contributed by atoms with van der Waals surface area (Å²) in [7, 11) is 0. The first-order chi connectivity index (χ1) is 12.4. The lowest BCUT2D eigenvalue weighted by Crippen LogP contribution is -2.21. The fourth-order valence-corrected chi connectivity index (χ4v) is 2.89. The van der Waals surface area contributed by atoms with Crippen molar-refractivity contribution < 1.29 is 15.0 Å². The van der Waals surface area contributed by atoms with Gasteiger partial charge in [0.1, 0.15) is 0 Å². The van der Waals surface area contributed by atoms with Gasteiger partial charge in [-0.3, -0.25) is 4.79 Å². The van der Waals surface area contributed by atoms with Crippen molar-refractivity contribution in [1.82, 2.24) is 9.78 Å². The van der Waals surface area contributed by atoms with E-state index in [0.29, 0.717) is 5.69 Å². The minimum atomic E-state index is -1.49. The van der Waals surface area contributed by atoms with Crippen molar-refractivity contribution in [2.45, 2.75) is 19.8 Å². The predicted octanol–water partition coefficient (Wildman–Crippen LogP) is 3.43. The molecule has 0 bridgehead atoms. The number of carbonyl (C=O) groups is 1. The van der Waals surface area contributed by atoms with Gasteiger partial charge in [0.15, 0.2) is 5.75 Å². The number of hydrogen-bond acceptors (Lipinski definition) is 4. The largest absolute Gasteiger partial charge is 0.503 e. The van der Waals surface area contributed by atoms with Gasteiger partial charge in [-0.1, -0.05) is 56.3 Å². The maximum absolute atomic E-state index is 11.8. The topological polar surface area (TPSA) is 92.4 Å². The molecule has 6 nitrogen and oxygen atoms in total. The standard InChI is InChI=1S/C20H18N2O4/c1-12(2)13-7-3-4-8-14(13)15-9-5-6-10-16(15)22-11-17(23)19(24)18(21-22)20(25)26/h3-12,23H,1-2H3,(H,25,26). The van der Waals surface area contributed by atoms with E-state index in [0.717, 1.165) is 22.9 Å². The molecule has 0 fully saturated rings. The second kappa shape index (κ2) is 6.84. The van der Waals surface area contributed by atoms with E-state index in [2.05, 4.69) is 18.9 Å². The molecule has 0 aliphatic heterocycles. The van der Waals surface area contributed by atoms with E-state index in [9.17, 15) is 19.8 Å². The lowest BCUT2D eigenvalue weighted by Gasteiger charge is -2.17. The maximum atomic E-state index is 11.8. The summed E-state index contributed by atoms with van der Waals surface area (Å²) < 4.78 is 1.23. The van der Waals surface area contributed by atoms with Crippen LogP contribution in [0.3, 0.4) is 0 Å². The Balaban J connectivity index is 2.28. The SMILES string of the molecule is CC(C)c1ccccc1-c1ccccc1-n1cc(O)c(=O)c(C(=O)O)n1. The molecule has 3 aromatic rings. The molecule has 132 valence electrons. The fourth-order valence-electron chi connectivity index (χ4n) is 2.89. The summed E-state index contributed by atoms with van der Waals surface area (Å²) >= 11 is 0. The van der Waals surface area contributed by atoms with E-state index in [4.69, 9.17) is 0 Å². The molecule has 6 heteroatoms. The van der Waals surface area contributed by atoms with Gasteiger partial charge in [0.2, 0.25) is 5.69 Å². The monoisotopic (exact) mass is 350 g/mol. The van der Waals surface area contributed by atoms with Crippen LogP contribution < -0.4 is 5.43 Å². The summed E-state index contributed by atoms with van der Waals surface area (Å²) in [5.74, 6) is -1.87. The number of aromatic carboxylic acids is 1. The van der Waals surface area contributed by atoms with Crippen LogP contribution in [0.5, 0.6) is 5.75 Å². The first-order valence-corrected chi connectivity index (χ1v) is 8.15. The summed E-state index contributed by atoms with van der Waals surface area (Å²) in [5, 5.41) is 22.9. The van der Waals surface area contributed by atoms with Crippen molar-refractivity contribution in [3.8, 4) is 22.6 Å². The Morgan fingerprint density at radius 1 is 1.04 bits per heavy atom. The van der Waals surface area contributed by atoms with Gasteiger partial charge >= 0.3 is 5.97 Å². The molecular formula is C20H18N2O4. The van der Waals surface area contributed by atoms with Gasteiger partial charge in [-0.2, -0.15) is 5.10 Å². The summed E-state index contributed by atoms with van der Waals surface area (Å²) in [6, 6.07) is 15.2. The zero-order valence-corrected chi connectivity index (χ0v) is 14.4. The van der Waals surface area contributed by atoms with Crippen molar-refractivity contribution >= 4 is 5.97 Å². The number of aromatic nitrogens is 2. The van der Waals surface area contributed by atoms with Crippen LogP contribution in [0.2, 0.25) is 0 Å². The Bertz CT molecular complexity index is 1040. The number of hydrogen-bond donors (Lipinski definition) is 2. The molecule has 0 aliphatic carbocycles. The number of nitrogens with zero attached hydrogens (tertiary/aromatic N) is 2. The van der Waals surface area contributed by atoms with Gasteiger partial charge in [0.05, 0.1) is 11.9 Å². The zero-order chi connectivity index (χ0) is 18.8. The lowest BCUT2D eigenvalue weighted by molar-refractivity contribution is 0.0686. The highest BCUT2D eigenvalue weighted by atomic mass is 16.4. The third-order valence-electron chi connectivity index (χ3n) is 4.13. The number of carboxylic acids is 1. The summed E-state index contributed by atoms with van der Waals surface area (Å²) in [5.41, 5.74) is 1.77. The number of benzene rings is 2. The van der Waals surface area contributed by atoms with Crippen LogP contribution in [0.1, 0.15) is 35.8 Å². The van der Waals surface area contributed by atoms with Crippen LogP contribution in [0.15, 0.2) is 59.5 Å². The van der Waals surface area contributed by atoms with Gasteiger partial charge in [-0.15, -0.1) is 0 Å². The molecule has 0 saturated heterocycles. The Hall–Kier alpha value is -3.41. The quantitative estimate of drug-likeness (QED) is 0.752. The van der Waals surface area contributed by atoms with Crippen molar-refractivity contribution in [2.24, 2.45) is 0 Å². The van der Waals surface area contributed by atoms with Crippen molar-refractivity contribution in [3.05, 3.63) is 76.2 Å². The first-order valence-electron chi connectivity index (χ1n) is 8.15. The van der Waals surface area contributed by atoms with Gasteiger partial charge in [-0.25, -0.2) is 9.48 Å². The molecular weight excluding hydrogens is 332 g/mol. The van der Waals surface area contributed by atoms with Crippen molar-refractivity contribution in [1.29, 1.82) is 0 Å². The second-order valence-corrected chi connectivity index (χ2v) is 6.20. The van der Waals surface area contributed by atoms with Crippen LogP contribution in [-0.4, -0.2) is 26.0 Å². The molecule has 1 aromatic heterocycles. The Morgan fingerprint density at radius 2 is 1.65 bits per heavy atom. The van der Waals surface area contributed by atoms with Gasteiger partial charge in [-0.05, 0) is 23.1 Å². The average molecular weight is 350 g/mol. The molecule has 2 aromatic carbocycles. The highest BCUT2D eigenvalue weighted by Gasteiger charge is 2.18. The molecule has 0 atom stereocenters. The van der Waals surface area contributed by atoms with Gasteiger partial charge in [0, 0.05) is 5.56 Å². The smallest absolute Gasteiger partial charge is 0.360 e. The first kappa shape index (κ1) is 17.4. The molecule has 0 saturated carbocycles. The predicted molar refractivity (Wildman–Crippen MR) is 98.0 cm³/mol. The van der Waals surface area contributed by atoms with E-state index in [-0.39, 0.29) is 5.92 Å². The highest BCUT2D eigenvalue weighted by Crippen LogP contribution is 2.33. The summed E-state index contributed by atoms with van der Waals surface area (Å²) in [6.07, 6.45) is 1.13. The normalized spacial score (nSPS) is 10.9. The van der Waals surface area contributed by atoms with Gasteiger partial charge < -0.3 is 10.2 Å². The van der Waals surface area contributed by atoms with E-state index < -0.39 is 22.8 Å². The molecule has 1 heterocycles. The van der Waals surface area contributed by atoms with Crippen LogP contribution >= 0.6 is 0 Å². The molecule has 0 aliphatic rings. The molecule has 3 rings (SSSR count). The van der Waals surface area contributed by atoms with Crippen LogP contribution in [-0.2, 0) is 0 Å². The van der Waals surface area contributed by atoms with Crippen LogP contribution in [0.25, 0.3) is 16.8 Å². The fraction of sp³-hybridized carbons (Fsp3) is 0.150. The Kier molecular flexibility index (Phi) is 4.58. The molecule has 0 unspecified atom stereocenters. The van der Waals surface area contributed by atoms with Crippen LogP contribution in [0, 0.1) is 0 Å². The molecule has 26 heavy (non-hydrogen) atoms. The Morgan fingerprint density at radius 3 is 2.31 bits per heavy atom. The number of aromatic hydroxyl groups is 1. The third kappa shape index (κ3) is 3.09. The minimum Gasteiger partial charge on any atom is -0.503 e. The highest BCUT2D eigenvalue weighted by molar-refractivity contribution is 5.85. The second-order valence-electron chi connectivity index (χ2n) is 6.20. The van der Waals surface area contributed by atoms with E-state index in [1.54, 1.807) is 12.1 Å². The van der Waals surface area contributed by atoms with Gasteiger partial charge in [0.25, 0.3) is 5.43 Å². The number of rotatable bonds is 4. The molecule has 2 N–H and O–H groups in total. The Labute approximate surface area is 150 Å². The number of para-hydroxylation sites is 1. The summed E-state index contributed by atoms with van der Waals surface area (Å²) in [4.78, 5) is 23.1. The number of carboxylic acid groups (broad SMARTS) is 1. The lowest BCUT2D eigenvalue weighted by atomic mass is 9.92. The minimum absolute atomic E-state index is 0.282. The molecule has 0 spiro atoms. The van der Waals surface area contributed by atoms with E-state index >= 15 is 0 Å².